The van der Waals surface area contributed by atoms with Crippen molar-refractivity contribution >= 4 is 0 Å². The van der Waals surface area contributed by atoms with Crippen LogP contribution in [0.2, 0.25) is 0 Å². The molecule has 0 aliphatic carbocycles. The van der Waals surface area contributed by atoms with Crippen LogP contribution in [0.4, 0.5) is 0 Å². The molecule has 0 aliphatic heterocycles. The molecule has 1 atom stereocenters. The molecule has 0 radical (unpaired) electrons. The van der Waals surface area contributed by atoms with Crippen molar-refractivity contribution in [1.82, 2.24) is 5.48 Å². The van der Waals surface area contributed by atoms with Gasteiger partial charge >= 0.3 is 0 Å². The molecule has 0 amide bonds. The lowest BCUT2D eigenvalue weighted by atomic mass is 10.2. The fourth-order valence-corrected chi connectivity index (χ4v) is 1.39. The van der Waals surface area contributed by atoms with E-state index >= 15 is 0 Å². The van der Waals surface area contributed by atoms with Crippen molar-refractivity contribution in [2.75, 3.05) is 14.2 Å². The highest BCUT2D eigenvalue weighted by molar-refractivity contribution is 5.13. The number of hydrogen-bond donors (Lipinski definition) is 1. The van der Waals surface area contributed by atoms with Gasteiger partial charge < -0.3 is 9.47 Å². The second-order valence-corrected chi connectivity index (χ2v) is 3.52. The maximum atomic E-state index is 5.36. The Labute approximate surface area is 96.5 Å². The van der Waals surface area contributed by atoms with Crippen LogP contribution in [0.15, 0.2) is 30.3 Å². The molecule has 0 bridgehead atoms. The van der Waals surface area contributed by atoms with Crippen molar-refractivity contribution in [3.63, 3.8) is 0 Å². The number of benzene rings is 1. The van der Waals surface area contributed by atoms with Gasteiger partial charge in [0.1, 0.15) is 0 Å². The van der Waals surface area contributed by atoms with Crippen LogP contribution >= 0.6 is 0 Å². The molecule has 16 heavy (non-hydrogen) atoms. The monoisotopic (exact) mass is 225 g/mol. The number of hydroxylamine groups is 1. The van der Waals surface area contributed by atoms with Crippen LogP contribution in [-0.4, -0.2) is 26.6 Å². The topological polar surface area (TPSA) is 39.7 Å². The molecule has 0 saturated carbocycles. The number of hydrogen-bond acceptors (Lipinski definition) is 4. The summed E-state index contributed by atoms with van der Waals surface area (Å²) in [7, 11) is 3.20. The van der Waals surface area contributed by atoms with Gasteiger partial charge in [-0.15, -0.1) is 0 Å². The lowest BCUT2D eigenvalue weighted by Gasteiger charge is -2.21. The second-order valence-electron chi connectivity index (χ2n) is 3.52. The van der Waals surface area contributed by atoms with Gasteiger partial charge in [0, 0.05) is 14.2 Å². The first-order valence-electron chi connectivity index (χ1n) is 5.24. The van der Waals surface area contributed by atoms with Crippen molar-refractivity contribution in [2.24, 2.45) is 0 Å². The SMILES string of the molecule is COC(OC)C(C)NOCc1ccccc1. The van der Waals surface area contributed by atoms with Crippen molar-refractivity contribution in [3.8, 4) is 0 Å². The van der Waals surface area contributed by atoms with Gasteiger partial charge in [-0.3, -0.25) is 4.84 Å². The molecule has 1 rings (SSSR count). The zero-order valence-corrected chi connectivity index (χ0v) is 9.97. The lowest BCUT2D eigenvalue weighted by molar-refractivity contribution is -0.149. The number of ether oxygens (including phenoxy) is 2. The van der Waals surface area contributed by atoms with Crippen LogP contribution in [0, 0.1) is 0 Å². The fourth-order valence-electron chi connectivity index (χ4n) is 1.39. The first-order valence-corrected chi connectivity index (χ1v) is 5.24. The highest BCUT2D eigenvalue weighted by Gasteiger charge is 2.15. The van der Waals surface area contributed by atoms with Crippen LogP contribution in [-0.2, 0) is 20.9 Å². The zero-order chi connectivity index (χ0) is 11.8. The van der Waals surface area contributed by atoms with Gasteiger partial charge in [0.05, 0.1) is 12.6 Å². The first kappa shape index (κ1) is 13.1. The summed E-state index contributed by atoms with van der Waals surface area (Å²) >= 11 is 0. The third-order valence-electron chi connectivity index (χ3n) is 2.22. The molecule has 0 aliphatic rings. The summed E-state index contributed by atoms with van der Waals surface area (Å²) in [6.07, 6.45) is -0.309. The van der Waals surface area contributed by atoms with Crippen LogP contribution in [0.25, 0.3) is 0 Å². The summed E-state index contributed by atoms with van der Waals surface area (Å²) in [5.41, 5.74) is 4.00. The number of methoxy groups -OCH3 is 2. The summed E-state index contributed by atoms with van der Waals surface area (Å²) in [6.45, 7) is 2.45. The van der Waals surface area contributed by atoms with E-state index in [2.05, 4.69) is 5.48 Å². The molecule has 1 unspecified atom stereocenters. The first-order chi connectivity index (χ1) is 7.77. The van der Waals surface area contributed by atoms with E-state index in [-0.39, 0.29) is 12.3 Å². The summed E-state index contributed by atoms with van der Waals surface area (Å²) in [4.78, 5) is 5.36. The van der Waals surface area contributed by atoms with E-state index in [1.165, 1.54) is 0 Å². The van der Waals surface area contributed by atoms with E-state index in [1.54, 1.807) is 14.2 Å². The van der Waals surface area contributed by atoms with Gasteiger partial charge in [-0.1, -0.05) is 30.3 Å². The Morgan fingerprint density at radius 2 is 1.75 bits per heavy atom. The minimum Gasteiger partial charge on any atom is -0.354 e. The van der Waals surface area contributed by atoms with E-state index in [0.717, 1.165) is 5.56 Å². The Hall–Kier alpha value is -0.940. The molecule has 0 spiro atoms. The fraction of sp³-hybridized carbons (Fsp3) is 0.500. The van der Waals surface area contributed by atoms with Crippen molar-refractivity contribution in [1.29, 1.82) is 0 Å². The molecule has 90 valence electrons. The van der Waals surface area contributed by atoms with Crippen molar-refractivity contribution < 1.29 is 14.3 Å². The second kappa shape index (κ2) is 7.35. The van der Waals surface area contributed by atoms with Gasteiger partial charge in [0.25, 0.3) is 0 Å². The standard InChI is InChI=1S/C12H19NO3/c1-10(12(14-2)15-3)13-16-9-11-7-5-4-6-8-11/h4-8,10,12-13H,9H2,1-3H3. The number of nitrogens with one attached hydrogen (secondary N) is 1. The maximum Gasteiger partial charge on any atom is 0.173 e. The molecule has 1 N–H and O–H groups in total. The molecular formula is C12H19NO3. The van der Waals surface area contributed by atoms with E-state index < -0.39 is 0 Å². The van der Waals surface area contributed by atoms with Gasteiger partial charge in [0.2, 0.25) is 0 Å². The van der Waals surface area contributed by atoms with E-state index in [1.807, 2.05) is 37.3 Å². The predicted molar refractivity (Wildman–Crippen MR) is 61.6 cm³/mol. The molecule has 1 aromatic rings. The third kappa shape index (κ3) is 4.28. The van der Waals surface area contributed by atoms with Gasteiger partial charge in [-0.05, 0) is 12.5 Å². The molecule has 0 saturated heterocycles. The highest BCUT2D eigenvalue weighted by Crippen LogP contribution is 2.02. The Balaban J connectivity index is 2.25. The van der Waals surface area contributed by atoms with Crippen LogP contribution in [0.5, 0.6) is 0 Å². The summed E-state index contributed by atoms with van der Waals surface area (Å²) in [5.74, 6) is 0. The van der Waals surface area contributed by atoms with Crippen LogP contribution in [0.3, 0.4) is 0 Å². The van der Waals surface area contributed by atoms with Gasteiger partial charge in [-0.2, -0.15) is 5.48 Å². The van der Waals surface area contributed by atoms with Gasteiger partial charge in [0.15, 0.2) is 6.29 Å². The normalized spacial score (nSPS) is 13.0. The maximum absolute atomic E-state index is 5.36. The lowest BCUT2D eigenvalue weighted by Crippen LogP contribution is -2.39. The summed E-state index contributed by atoms with van der Waals surface area (Å²) in [5, 5.41) is 0. The van der Waals surface area contributed by atoms with E-state index in [4.69, 9.17) is 14.3 Å². The van der Waals surface area contributed by atoms with Crippen LogP contribution in [0.1, 0.15) is 12.5 Å². The minimum atomic E-state index is -0.309. The summed E-state index contributed by atoms with van der Waals surface area (Å²) in [6, 6.07) is 9.93. The minimum absolute atomic E-state index is 0.0290. The largest absolute Gasteiger partial charge is 0.354 e. The van der Waals surface area contributed by atoms with Crippen molar-refractivity contribution in [3.05, 3.63) is 35.9 Å². The zero-order valence-electron chi connectivity index (χ0n) is 9.97. The predicted octanol–water partition coefficient (Wildman–Crippen LogP) is 1.72. The highest BCUT2D eigenvalue weighted by atomic mass is 16.7. The molecular weight excluding hydrogens is 206 g/mol. The number of rotatable bonds is 7. The smallest absolute Gasteiger partial charge is 0.173 e. The quantitative estimate of drug-likeness (QED) is 0.566. The molecule has 0 fully saturated rings. The third-order valence-corrected chi connectivity index (χ3v) is 2.22. The Morgan fingerprint density at radius 3 is 2.31 bits per heavy atom. The summed E-state index contributed by atoms with van der Waals surface area (Å²) < 4.78 is 10.2. The Morgan fingerprint density at radius 1 is 1.12 bits per heavy atom. The molecule has 0 aromatic heterocycles. The van der Waals surface area contributed by atoms with Gasteiger partial charge in [-0.25, -0.2) is 0 Å². The van der Waals surface area contributed by atoms with Crippen molar-refractivity contribution in [2.45, 2.75) is 25.9 Å². The molecule has 4 nitrogen and oxygen atoms in total. The molecule has 1 aromatic carbocycles. The average Bonchev–Trinajstić information content (AvgIpc) is 2.32. The van der Waals surface area contributed by atoms with Crippen LogP contribution < -0.4 is 5.48 Å². The molecule has 0 heterocycles. The Kier molecular flexibility index (Phi) is 6.03. The van der Waals surface area contributed by atoms with E-state index in [9.17, 15) is 0 Å². The van der Waals surface area contributed by atoms with E-state index in [0.29, 0.717) is 6.61 Å². The Bertz CT molecular complexity index is 275. The average molecular weight is 225 g/mol. The molecule has 4 heteroatoms.